The number of pyridine rings is 1. The summed E-state index contributed by atoms with van der Waals surface area (Å²) in [5.74, 6) is 0.947. The van der Waals surface area contributed by atoms with Crippen LogP contribution < -0.4 is 0 Å². The van der Waals surface area contributed by atoms with Crippen molar-refractivity contribution in [3.8, 4) is 22.6 Å². The van der Waals surface area contributed by atoms with Gasteiger partial charge < -0.3 is 9.30 Å². The highest BCUT2D eigenvalue weighted by Crippen LogP contribution is 2.28. The number of hydrogen-bond donors (Lipinski definition) is 0. The monoisotopic (exact) mass is 365 g/mol. The minimum Gasteiger partial charge on any atom is -0.361 e. The minimum atomic E-state index is -1.09. The van der Waals surface area contributed by atoms with Crippen molar-refractivity contribution in [2.75, 3.05) is 6.61 Å². The van der Waals surface area contributed by atoms with Crippen LogP contribution in [-0.2, 0) is 11.5 Å². The Balaban J connectivity index is 1.92. The maximum absolute atomic E-state index is 6.03. The van der Waals surface area contributed by atoms with Gasteiger partial charge in [-0.2, -0.15) is 0 Å². The van der Waals surface area contributed by atoms with E-state index in [0.29, 0.717) is 6.73 Å². The van der Waals surface area contributed by atoms with Crippen molar-refractivity contribution in [1.82, 2.24) is 14.5 Å². The first kappa shape index (κ1) is 18.5. The Hall–Kier alpha value is -2.24. The standard InChI is InChI=1S/C21H27N3OSi/c1-17-20(18-10-12-22-13-11-18)23-21(19-8-6-5-7-9-19)24(17)16-25-14-15-26(2,3)4/h5-13H,14-16H2,1-4H3. The van der Waals surface area contributed by atoms with Gasteiger partial charge in [0.1, 0.15) is 12.6 Å². The minimum absolute atomic E-state index is 0.526. The summed E-state index contributed by atoms with van der Waals surface area (Å²) in [5, 5.41) is 0. The van der Waals surface area contributed by atoms with Crippen molar-refractivity contribution in [3.05, 3.63) is 60.6 Å². The number of rotatable bonds is 7. The van der Waals surface area contributed by atoms with E-state index in [1.54, 1.807) is 12.4 Å². The molecule has 0 atom stereocenters. The quantitative estimate of drug-likeness (QED) is 0.425. The highest BCUT2D eigenvalue weighted by atomic mass is 28.3. The zero-order valence-corrected chi connectivity index (χ0v) is 17.1. The molecule has 0 spiro atoms. The number of benzene rings is 1. The van der Waals surface area contributed by atoms with Crippen molar-refractivity contribution in [2.24, 2.45) is 0 Å². The fourth-order valence-electron chi connectivity index (χ4n) is 2.82. The van der Waals surface area contributed by atoms with E-state index in [9.17, 15) is 0 Å². The van der Waals surface area contributed by atoms with Crippen LogP contribution in [0, 0.1) is 6.92 Å². The van der Waals surface area contributed by atoms with Crippen molar-refractivity contribution in [2.45, 2.75) is 39.3 Å². The van der Waals surface area contributed by atoms with E-state index in [2.05, 4.69) is 48.2 Å². The molecular weight excluding hydrogens is 338 g/mol. The molecule has 3 rings (SSSR count). The Kier molecular flexibility index (Phi) is 5.69. The van der Waals surface area contributed by atoms with Gasteiger partial charge in [-0.15, -0.1) is 0 Å². The van der Waals surface area contributed by atoms with Crippen LogP contribution in [0.2, 0.25) is 25.7 Å². The lowest BCUT2D eigenvalue weighted by atomic mass is 10.2. The molecule has 0 bridgehead atoms. The highest BCUT2D eigenvalue weighted by Gasteiger charge is 2.17. The molecule has 0 saturated carbocycles. The molecule has 4 nitrogen and oxygen atoms in total. The Bertz CT molecular complexity index is 839. The fraction of sp³-hybridized carbons (Fsp3) is 0.333. The van der Waals surface area contributed by atoms with Crippen molar-refractivity contribution in [1.29, 1.82) is 0 Å². The van der Waals surface area contributed by atoms with Gasteiger partial charge in [0.2, 0.25) is 0 Å². The molecular formula is C21H27N3OSi. The lowest BCUT2D eigenvalue weighted by molar-refractivity contribution is 0.0871. The molecule has 0 N–H and O–H groups in total. The second-order valence-electron chi connectivity index (χ2n) is 7.75. The van der Waals surface area contributed by atoms with E-state index in [0.717, 1.165) is 34.9 Å². The molecule has 26 heavy (non-hydrogen) atoms. The molecule has 2 heterocycles. The van der Waals surface area contributed by atoms with Crippen LogP contribution in [0.3, 0.4) is 0 Å². The summed E-state index contributed by atoms with van der Waals surface area (Å²) in [7, 11) is -1.09. The maximum Gasteiger partial charge on any atom is 0.142 e. The Morgan fingerprint density at radius 1 is 0.962 bits per heavy atom. The first-order chi connectivity index (χ1) is 12.5. The number of ether oxygens (including phenoxy) is 1. The predicted octanol–water partition coefficient (Wildman–Crippen LogP) is 5.23. The van der Waals surface area contributed by atoms with Gasteiger partial charge in [0, 0.05) is 43.9 Å². The van der Waals surface area contributed by atoms with Gasteiger partial charge in [0.05, 0.1) is 5.69 Å². The summed E-state index contributed by atoms with van der Waals surface area (Å²) in [6.07, 6.45) is 3.61. The first-order valence-corrected chi connectivity index (χ1v) is 12.8. The Labute approximate surface area is 156 Å². The van der Waals surface area contributed by atoms with Crippen molar-refractivity contribution >= 4 is 8.07 Å². The number of imidazole rings is 1. The zero-order chi connectivity index (χ0) is 18.6. The summed E-state index contributed by atoms with van der Waals surface area (Å²) in [6, 6.07) is 15.5. The maximum atomic E-state index is 6.03. The Morgan fingerprint density at radius 3 is 2.31 bits per heavy atom. The third-order valence-electron chi connectivity index (χ3n) is 4.42. The number of nitrogens with zero attached hydrogens (tertiary/aromatic N) is 3. The molecule has 0 aliphatic carbocycles. The molecule has 0 aliphatic heterocycles. The molecule has 2 aromatic heterocycles. The predicted molar refractivity (Wildman–Crippen MR) is 110 cm³/mol. The molecule has 0 radical (unpaired) electrons. The van der Waals surface area contributed by atoms with Gasteiger partial charge in [0.25, 0.3) is 0 Å². The average Bonchev–Trinajstić information content (AvgIpc) is 2.96. The van der Waals surface area contributed by atoms with Crippen LogP contribution in [0.15, 0.2) is 54.9 Å². The van der Waals surface area contributed by atoms with Gasteiger partial charge in [-0.1, -0.05) is 50.0 Å². The van der Waals surface area contributed by atoms with Crippen LogP contribution in [0.4, 0.5) is 0 Å². The molecule has 0 unspecified atom stereocenters. The van der Waals surface area contributed by atoms with Crippen molar-refractivity contribution in [3.63, 3.8) is 0 Å². The van der Waals surface area contributed by atoms with E-state index >= 15 is 0 Å². The third-order valence-corrected chi connectivity index (χ3v) is 6.13. The van der Waals surface area contributed by atoms with Crippen LogP contribution in [-0.4, -0.2) is 29.2 Å². The van der Waals surface area contributed by atoms with E-state index in [1.165, 1.54) is 6.04 Å². The Morgan fingerprint density at radius 2 is 1.65 bits per heavy atom. The van der Waals surface area contributed by atoms with E-state index in [-0.39, 0.29) is 0 Å². The van der Waals surface area contributed by atoms with Gasteiger partial charge in [0.15, 0.2) is 0 Å². The van der Waals surface area contributed by atoms with Gasteiger partial charge >= 0.3 is 0 Å². The molecule has 0 fully saturated rings. The normalized spacial score (nSPS) is 11.7. The molecule has 1 aromatic carbocycles. The second kappa shape index (κ2) is 7.97. The van der Waals surface area contributed by atoms with E-state index < -0.39 is 8.07 Å². The summed E-state index contributed by atoms with van der Waals surface area (Å²) in [5.41, 5.74) is 4.28. The summed E-state index contributed by atoms with van der Waals surface area (Å²) in [4.78, 5) is 9.06. The molecule has 136 valence electrons. The van der Waals surface area contributed by atoms with E-state index in [4.69, 9.17) is 9.72 Å². The molecule has 0 aliphatic rings. The van der Waals surface area contributed by atoms with E-state index in [1.807, 2.05) is 30.3 Å². The smallest absolute Gasteiger partial charge is 0.142 e. The zero-order valence-electron chi connectivity index (χ0n) is 16.1. The van der Waals surface area contributed by atoms with Gasteiger partial charge in [-0.05, 0) is 25.1 Å². The first-order valence-electron chi connectivity index (χ1n) is 9.06. The van der Waals surface area contributed by atoms with Crippen LogP contribution in [0.5, 0.6) is 0 Å². The molecule has 3 aromatic rings. The summed E-state index contributed by atoms with van der Waals surface area (Å²) < 4.78 is 8.21. The molecule has 0 saturated heterocycles. The average molecular weight is 366 g/mol. The largest absolute Gasteiger partial charge is 0.361 e. The lowest BCUT2D eigenvalue weighted by Gasteiger charge is -2.16. The number of aromatic nitrogens is 3. The second-order valence-corrected chi connectivity index (χ2v) is 13.4. The summed E-state index contributed by atoms with van der Waals surface area (Å²) >= 11 is 0. The fourth-order valence-corrected chi connectivity index (χ4v) is 3.57. The van der Waals surface area contributed by atoms with Gasteiger partial charge in [-0.3, -0.25) is 4.98 Å². The lowest BCUT2D eigenvalue weighted by Crippen LogP contribution is -2.22. The number of hydrogen-bond acceptors (Lipinski definition) is 3. The third kappa shape index (κ3) is 4.48. The van der Waals surface area contributed by atoms with Gasteiger partial charge in [-0.25, -0.2) is 4.98 Å². The highest BCUT2D eigenvalue weighted by molar-refractivity contribution is 6.76. The topological polar surface area (TPSA) is 39.9 Å². The van der Waals surface area contributed by atoms with Crippen LogP contribution in [0.25, 0.3) is 22.6 Å². The molecule has 0 amide bonds. The molecule has 5 heteroatoms. The van der Waals surface area contributed by atoms with Crippen LogP contribution >= 0.6 is 0 Å². The van der Waals surface area contributed by atoms with Crippen LogP contribution in [0.1, 0.15) is 5.69 Å². The van der Waals surface area contributed by atoms with Crippen molar-refractivity contribution < 1.29 is 4.74 Å². The summed E-state index contributed by atoms with van der Waals surface area (Å²) in [6.45, 7) is 10.5. The SMILES string of the molecule is Cc1c(-c2ccncc2)nc(-c2ccccc2)n1COCC[Si](C)(C)C.